The molecule has 32 heavy (non-hydrogen) atoms. The lowest BCUT2D eigenvalue weighted by Crippen LogP contribution is -2.51. The van der Waals surface area contributed by atoms with Gasteiger partial charge in [-0.2, -0.15) is 0 Å². The number of rotatable bonds is 6. The van der Waals surface area contributed by atoms with Gasteiger partial charge in [-0.1, -0.05) is 48.5 Å². The fourth-order valence-electron chi connectivity index (χ4n) is 4.39. The Kier molecular flexibility index (Phi) is 6.41. The number of carboxylic acids is 1. The van der Waals surface area contributed by atoms with Crippen molar-refractivity contribution >= 4 is 18.0 Å². The fourth-order valence-corrected chi connectivity index (χ4v) is 4.39. The Morgan fingerprint density at radius 3 is 2.31 bits per heavy atom. The molecule has 0 spiro atoms. The van der Waals surface area contributed by atoms with Crippen LogP contribution in [-0.2, 0) is 19.1 Å². The van der Waals surface area contributed by atoms with Gasteiger partial charge in [0.05, 0.1) is 19.3 Å². The number of carboxylic acid groups (broad SMARTS) is 1. The van der Waals surface area contributed by atoms with Crippen LogP contribution in [0.3, 0.4) is 0 Å². The number of fused-ring (bicyclic) bond motifs is 3. The van der Waals surface area contributed by atoms with Crippen molar-refractivity contribution in [3.05, 3.63) is 59.7 Å². The molecule has 1 fully saturated rings. The van der Waals surface area contributed by atoms with Gasteiger partial charge in [-0.25, -0.2) is 4.79 Å². The van der Waals surface area contributed by atoms with E-state index in [2.05, 4.69) is 24.3 Å². The summed E-state index contributed by atoms with van der Waals surface area (Å²) in [6.45, 7) is 2.16. The lowest BCUT2D eigenvalue weighted by atomic mass is 9.98. The number of hydrogen-bond acceptors (Lipinski definition) is 5. The molecule has 2 amide bonds. The first-order chi connectivity index (χ1) is 15.4. The topological polar surface area (TPSA) is 96.4 Å². The number of carbonyl (C=O) groups is 3. The molecule has 1 saturated heterocycles. The number of amides is 2. The van der Waals surface area contributed by atoms with E-state index in [4.69, 9.17) is 14.6 Å². The van der Waals surface area contributed by atoms with E-state index in [0.717, 1.165) is 11.1 Å². The number of morpholine rings is 1. The zero-order valence-corrected chi connectivity index (χ0v) is 17.9. The van der Waals surface area contributed by atoms with Gasteiger partial charge >= 0.3 is 12.1 Å². The van der Waals surface area contributed by atoms with Crippen molar-refractivity contribution < 1.29 is 29.0 Å². The first-order valence-corrected chi connectivity index (χ1v) is 10.6. The molecule has 1 atom stereocenters. The highest BCUT2D eigenvalue weighted by Crippen LogP contribution is 2.44. The van der Waals surface area contributed by atoms with E-state index in [1.807, 2.05) is 24.3 Å². The Bertz CT molecular complexity index is 978. The van der Waals surface area contributed by atoms with E-state index in [0.29, 0.717) is 13.2 Å². The van der Waals surface area contributed by atoms with Crippen molar-refractivity contribution in [2.75, 3.05) is 39.4 Å². The Morgan fingerprint density at radius 2 is 1.72 bits per heavy atom. The molecule has 0 bridgehead atoms. The third kappa shape index (κ3) is 4.60. The molecule has 0 aromatic heterocycles. The molecule has 2 aromatic rings. The molecule has 1 N–H and O–H groups in total. The highest BCUT2D eigenvalue weighted by molar-refractivity contribution is 5.80. The second-order valence-corrected chi connectivity index (χ2v) is 8.04. The van der Waals surface area contributed by atoms with Crippen molar-refractivity contribution in [2.45, 2.75) is 18.9 Å². The number of ether oxygens (including phenoxy) is 2. The van der Waals surface area contributed by atoms with Crippen LogP contribution >= 0.6 is 0 Å². The third-order valence-corrected chi connectivity index (χ3v) is 5.93. The minimum Gasteiger partial charge on any atom is -0.480 e. The summed E-state index contributed by atoms with van der Waals surface area (Å²) in [5.41, 5.74) is 4.62. The quantitative estimate of drug-likeness (QED) is 0.745. The molecular weight excluding hydrogens is 412 g/mol. The predicted molar refractivity (Wildman–Crippen MR) is 116 cm³/mol. The van der Waals surface area contributed by atoms with E-state index in [9.17, 15) is 14.4 Å². The lowest BCUT2D eigenvalue weighted by molar-refractivity contribution is -0.145. The second-order valence-electron chi connectivity index (χ2n) is 8.04. The standard InChI is InChI=1S/C24H26N2O6/c1-16(27)26(14-23(28)29)13-17-12-25(10-11-31-17)24(30)32-15-22-20-8-4-2-6-18(20)19-7-3-5-9-21(19)22/h2-9,17,22H,10-15H2,1H3,(H,28,29). The Balaban J connectivity index is 1.38. The lowest BCUT2D eigenvalue weighted by Gasteiger charge is -2.34. The van der Waals surface area contributed by atoms with Gasteiger partial charge in [-0.15, -0.1) is 0 Å². The van der Waals surface area contributed by atoms with Crippen LogP contribution in [0.25, 0.3) is 11.1 Å². The summed E-state index contributed by atoms with van der Waals surface area (Å²) in [5, 5.41) is 9.00. The monoisotopic (exact) mass is 438 g/mol. The SMILES string of the molecule is CC(=O)N(CC(=O)O)CC1CN(C(=O)OCC2c3ccccc3-c3ccccc32)CCO1. The summed E-state index contributed by atoms with van der Waals surface area (Å²) in [5.74, 6) is -1.47. The largest absolute Gasteiger partial charge is 0.480 e. The van der Waals surface area contributed by atoms with Gasteiger partial charge in [0.2, 0.25) is 5.91 Å². The molecule has 4 rings (SSSR count). The number of aliphatic carboxylic acids is 1. The molecule has 1 heterocycles. The van der Waals surface area contributed by atoms with Crippen LogP contribution in [0.2, 0.25) is 0 Å². The third-order valence-electron chi connectivity index (χ3n) is 5.93. The van der Waals surface area contributed by atoms with Gasteiger partial charge in [0.1, 0.15) is 13.2 Å². The van der Waals surface area contributed by atoms with Gasteiger partial charge in [-0.05, 0) is 22.3 Å². The summed E-state index contributed by atoms with van der Waals surface area (Å²) in [4.78, 5) is 38.3. The Labute approximate surface area is 186 Å². The minimum absolute atomic E-state index is 0.0213. The average molecular weight is 438 g/mol. The van der Waals surface area contributed by atoms with E-state index in [1.165, 1.54) is 23.0 Å². The minimum atomic E-state index is -1.09. The number of nitrogens with zero attached hydrogens (tertiary/aromatic N) is 2. The average Bonchev–Trinajstić information content (AvgIpc) is 3.10. The maximum Gasteiger partial charge on any atom is 0.409 e. The molecule has 0 saturated carbocycles. The number of carbonyl (C=O) groups excluding carboxylic acids is 2. The van der Waals surface area contributed by atoms with Gasteiger partial charge in [0.25, 0.3) is 0 Å². The molecule has 8 heteroatoms. The summed E-state index contributed by atoms with van der Waals surface area (Å²) >= 11 is 0. The molecule has 2 aromatic carbocycles. The molecule has 1 aliphatic heterocycles. The molecule has 168 valence electrons. The van der Waals surface area contributed by atoms with Gasteiger partial charge in [0.15, 0.2) is 0 Å². The van der Waals surface area contributed by atoms with Crippen molar-refractivity contribution in [2.24, 2.45) is 0 Å². The van der Waals surface area contributed by atoms with Gasteiger partial charge in [-0.3, -0.25) is 9.59 Å². The molecule has 1 aliphatic carbocycles. The van der Waals surface area contributed by atoms with Crippen LogP contribution in [0.4, 0.5) is 4.79 Å². The second kappa shape index (κ2) is 9.40. The Hall–Kier alpha value is -3.39. The van der Waals surface area contributed by atoms with E-state index < -0.39 is 24.7 Å². The summed E-state index contributed by atoms with van der Waals surface area (Å²) in [6, 6.07) is 16.3. The highest BCUT2D eigenvalue weighted by Gasteiger charge is 2.31. The predicted octanol–water partition coefficient (Wildman–Crippen LogP) is 2.57. The zero-order valence-electron chi connectivity index (χ0n) is 17.9. The van der Waals surface area contributed by atoms with Crippen LogP contribution < -0.4 is 0 Å². The molecular formula is C24H26N2O6. The number of hydrogen-bond donors (Lipinski definition) is 1. The molecule has 1 unspecified atom stereocenters. The van der Waals surface area contributed by atoms with Crippen molar-refractivity contribution in [3.8, 4) is 11.1 Å². The highest BCUT2D eigenvalue weighted by atomic mass is 16.6. The van der Waals surface area contributed by atoms with Crippen LogP contribution in [0.1, 0.15) is 24.0 Å². The van der Waals surface area contributed by atoms with E-state index in [-0.39, 0.29) is 31.5 Å². The van der Waals surface area contributed by atoms with Crippen molar-refractivity contribution in [1.29, 1.82) is 0 Å². The van der Waals surface area contributed by atoms with Crippen molar-refractivity contribution in [1.82, 2.24) is 9.80 Å². The summed E-state index contributed by atoms with van der Waals surface area (Å²) in [6.07, 6.45) is -0.903. The Morgan fingerprint density at radius 1 is 1.09 bits per heavy atom. The van der Waals surface area contributed by atoms with Crippen LogP contribution in [-0.4, -0.2) is 78.4 Å². The summed E-state index contributed by atoms with van der Waals surface area (Å²) < 4.78 is 11.4. The van der Waals surface area contributed by atoms with Gasteiger partial charge < -0.3 is 24.4 Å². The fraction of sp³-hybridized carbons (Fsp3) is 0.375. The molecule has 0 radical (unpaired) electrons. The summed E-state index contributed by atoms with van der Waals surface area (Å²) in [7, 11) is 0. The van der Waals surface area contributed by atoms with Crippen LogP contribution in [0, 0.1) is 0 Å². The molecule has 8 nitrogen and oxygen atoms in total. The van der Waals surface area contributed by atoms with Crippen LogP contribution in [0.5, 0.6) is 0 Å². The van der Waals surface area contributed by atoms with Gasteiger partial charge in [0, 0.05) is 25.9 Å². The maximum absolute atomic E-state index is 12.8. The van der Waals surface area contributed by atoms with E-state index in [1.54, 1.807) is 4.90 Å². The smallest absolute Gasteiger partial charge is 0.409 e. The zero-order chi connectivity index (χ0) is 22.7. The van der Waals surface area contributed by atoms with Crippen LogP contribution in [0.15, 0.2) is 48.5 Å². The molecule has 2 aliphatic rings. The van der Waals surface area contributed by atoms with E-state index >= 15 is 0 Å². The maximum atomic E-state index is 12.8. The normalized spacial score (nSPS) is 17.4. The first kappa shape index (κ1) is 21.8. The number of benzene rings is 2. The first-order valence-electron chi connectivity index (χ1n) is 10.6. The van der Waals surface area contributed by atoms with Crippen molar-refractivity contribution in [3.63, 3.8) is 0 Å².